The van der Waals surface area contributed by atoms with E-state index in [-0.39, 0.29) is 16.8 Å². The summed E-state index contributed by atoms with van der Waals surface area (Å²) in [6.07, 6.45) is 0. The van der Waals surface area contributed by atoms with Crippen LogP contribution >= 0.6 is 11.3 Å². The number of hydrogen-bond donors (Lipinski definition) is 4. The van der Waals surface area contributed by atoms with Crippen molar-refractivity contribution in [3.8, 4) is 0 Å². The predicted octanol–water partition coefficient (Wildman–Crippen LogP) is 0.769. The van der Waals surface area contributed by atoms with E-state index in [0.29, 0.717) is 10.7 Å². The molecule has 10 heteroatoms. The maximum absolute atomic E-state index is 12.2. The second-order valence-electron chi connectivity index (χ2n) is 4.08. The lowest BCUT2D eigenvalue weighted by molar-refractivity contribution is 0.601. The van der Waals surface area contributed by atoms with Gasteiger partial charge in [0.1, 0.15) is 5.00 Å². The zero-order chi connectivity index (χ0) is 16.2. The van der Waals surface area contributed by atoms with Crippen LogP contribution in [0.5, 0.6) is 0 Å². The minimum atomic E-state index is -3.63. The molecule has 0 radical (unpaired) electrons. The van der Waals surface area contributed by atoms with Gasteiger partial charge in [0.2, 0.25) is 5.96 Å². The van der Waals surface area contributed by atoms with Crippen LogP contribution in [0.3, 0.4) is 0 Å². The second kappa shape index (κ2) is 6.45. The van der Waals surface area contributed by atoms with Crippen molar-refractivity contribution in [2.45, 2.75) is 4.90 Å². The average molecular weight is 338 g/mol. The maximum atomic E-state index is 12.2. The zero-order valence-corrected chi connectivity index (χ0v) is 12.9. The number of rotatable bonds is 4. The molecule has 0 unspecified atom stereocenters. The van der Waals surface area contributed by atoms with Crippen molar-refractivity contribution in [1.29, 1.82) is 0 Å². The van der Waals surface area contributed by atoms with Gasteiger partial charge in [0.25, 0.3) is 10.0 Å². The Morgan fingerprint density at radius 2 is 1.77 bits per heavy atom. The van der Waals surface area contributed by atoms with E-state index in [4.69, 9.17) is 17.2 Å². The van der Waals surface area contributed by atoms with Gasteiger partial charge in [-0.25, -0.2) is 13.4 Å². The Kier molecular flexibility index (Phi) is 4.63. The van der Waals surface area contributed by atoms with Crippen LogP contribution in [0, 0.1) is 0 Å². The van der Waals surface area contributed by atoms with E-state index in [1.54, 1.807) is 17.5 Å². The minimum Gasteiger partial charge on any atom is -0.370 e. The molecule has 2 rings (SSSR count). The van der Waals surface area contributed by atoms with Crippen LogP contribution in [0.4, 0.5) is 10.7 Å². The van der Waals surface area contributed by atoms with Crippen LogP contribution in [-0.2, 0) is 10.0 Å². The van der Waals surface area contributed by atoms with Crippen LogP contribution in [0.1, 0.15) is 0 Å². The highest BCUT2D eigenvalue weighted by Gasteiger charge is 2.14. The third-order valence-electron chi connectivity index (χ3n) is 2.39. The molecule has 1 aromatic heterocycles. The SMILES string of the molecule is NC(N)=NC(N)=Nc1ccc(S(=O)(=O)Nc2cccs2)cc1. The second-order valence-corrected chi connectivity index (χ2v) is 6.71. The van der Waals surface area contributed by atoms with Crippen molar-refractivity contribution in [2.75, 3.05) is 4.72 Å². The number of hydrogen-bond acceptors (Lipinski definition) is 4. The van der Waals surface area contributed by atoms with E-state index >= 15 is 0 Å². The van der Waals surface area contributed by atoms with Crippen molar-refractivity contribution >= 4 is 44.0 Å². The van der Waals surface area contributed by atoms with Crippen LogP contribution in [0.2, 0.25) is 0 Å². The number of nitrogens with one attached hydrogen (secondary N) is 1. The molecule has 0 aliphatic carbocycles. The average Bonchev–Trinajstić information content (AvgIpc) is 2.90. The summed E-state index contributed by atoms with van der Waals surface area (Å²) in [7, 11) is -3.63. The fraction of sp³-hybridized carbons (Fsp3) is 0. The molecule has 8 nitrogen and oxygen atoms in total. The Bertz CT molecular complexity index is 791. The van der Waals surface area contributed by atoms with E-state index in [0.717, 1.165) is 0 Å². The summed E-state index contributed by atoms with van der Waals surface area (Å²) in [5.41, 5.74) is 16.3. The molecule has 0 atom stereocenters. The molecule has 116 valence electrons. The highest BCUT2D eigenvalue weighted by atomic mass is 32.2. The number of anilines is 1. The fourth-order valence-corrected chi connectivity index (χ4v) is 3.44. The van der Waals surface area contributed by atoms with E-state index in [1.807, 2.05) is 0 Å². The first-order chi connectivity index (χ1) is 10.4. The number of benzene rings is 1. The molecule has 7 N–H and O–H groups in total. The number of nitrogens with two attached hydrogens (primary N) is 3. The first-order valence-electron chi connectivity index (χ1n) is 5.97. The Hall–Kier alpha value is -2.59. The molecule has 0 aliphatic heterocycles. The molecule has 2 aromatic rings. The molecule has 0 amide bonds. The first-order valence-corrected chi connectivity index (χ1v) is 8.33. The highest BCUT2D eigenvalue weighted by molar-refractivity contribution is 7.93. The summed E-state index contributed by atoms with van der Waals surface area (Å²) in [6, 6.07) is 9.26. The van der Waals surface area contributed by atoms with Gasteiger partial charge in [-0.3, -0.25) is 4.72 Å². The van der Waals surface area contributed by atoms with Gasteiger partial charge in [-0.05, 0) is 41.8 Å². The van der Waals surface area contributed by atoms with Gasteiger partial charge in [-0.1, -0.05) is 0 Å². The van der Waals surface area contributed by atoms with Gasteiger partial charge >= 0.3 is 0 Å². The van der Waals surface area contributed by atoms with Crippen LogP contribution in [-0.4, -0.2) is 20.3 Å². The number of sulfonamides is 1. The molecule has 0 spiro atoms. The van der Waals surface area contributed by atoms with Crippen molar-refractivity contribution in [3.63, 3.8) is 0 Å². The molecule has 22 heavy (non-hydrogen) atoms. The van der Waals surface area contributed by atoms with E-state index < -0.39 is 10.0 Å². The third-order valence-corrected chi connectivity index (χ3v) is 4.69. The number of nitrogens with zero attached hydrogens (tertiary/aromatic N) is 2. The van der Waals surface area contributed by atoms with E-state index in [2.05, 4.69) is 14.7 Å². The lowest BCUT2D eigenvalue weighted by atomic mass is 10.3. The van der Waals surface area contributed by atoms with Gasteiger partial charge in [0.05, 0.1) is 10.6 Å². The normalized spacial score (nSPS) is 11.9. The topological polar surface area (TPSA) is 149 Å². The summed E-state index contributed by atoms with van der Waals surface area (Å²) in [5.74, 6) is -0.326. The van der Waals surface area contributed by atoms with Gasteiger partial charge in [0.15, 0.2) is 5.96 Å². The van der Waals surface area contributed by atoms with Gasteiger partial charge in [-0.2, -0.15) is 4.99 Å². The highest BCUT2D eigenvalue weighted by Crippen LogP contribution is 2.22. The molecular formula is C12H14N6O2S2. The van der Waals surface area contributed by atoms with Crippen molar-refractivity contribution in [1.82, 2.24) is 0 Å². The summed E-state index contributed by atoms with van der Waals surface area (Å²) in [6.45, 7) is 0. The molecular weight excluding hydrogens is 324 g/mol. The lowest BCUT2D eigenvalue weighted by Crippen LogP contribution is -2.26. The van der Waals surface area contributed by atoms with Gasteiger partial charge < -0.3 is 17.2 Å². The Morgan fingerprint density at radius 3 is 2.32 bits per heavy atom. The lowest BCUT2D eigenvalue weighted by Gasteiger charge is -2.06. The molecule has 1 aromatic carbocycles. The van der Waals surface area contributed by atoms with E-state index in [9.17, 15) is 8.42 Å². The third kappa shape index (κ3) is 4.20. The molecule has 0 aliphatic rings. The van der Waals surface area contributed by atoms with Crippen LogP contribution < -0.4 is 21.9 Å². The number of aliphatic imine (C=N–C) groups is 2. The van der Waals surface area contributed by atoms with E-state index in [1.165, 1.54) is 35.6 Å². The minimum absolute atomic E-state index is 0.111. The van der Waals surface area contributed by atoms with Gasteiger partial charge in [0, 0.05) is 0 Å². The number of thiophene rings is 1. The van der Waals surface area contributed by atoms with Gasteiger partial charge in [-0.15, -0.1) is 11.3 Å². The zero-order valence-electron chi connectivity index (χ0n) is 11.3. The Balaban J connectivity index is 2.20. The Labute approximate surface area is 131 Å². The van der Waals surface area contributed by atoms with Crippen LogP contribution in [0.25, 0.3) is 0 Å². The maximum Gasteiger partial charge on any atom is 0.262 e. The standard InChI is InChI=1S/C12H14N6O2S2/c13-11(14)17-12(15)16-8-3-5-9(6-4-8)22(19,20)18-10-2-1-7-21-10/h1-7,18H,(H6,13,14,15,16,17). The van der Waals surface area contributed by atoms with Crippen molar-refractivity contribution in [3.05, 3.63) is 41.8 Å². The van der Waals surface area contributed by atoms with Crippen molar-refractivity contribution in [2.24, 2.45) is 27.2 Å². The molecule has 0 saturated heterocycles. The molecule has 0 bridgehead atoms. The first kappa shape index (κ1) is 15.8. The molecule has 0 saturated carbocycles. The smallest absolute Gasteiger partial charge is 0.262 e. The monoisotopic (exact) mass is 338 g/mol. The largest absolute Gasteiger partial charge is 0.370 e. The Morgan fingerprint density at radius 1 is 1.09 bits per heavy atom. The fourth-order valence-electron chi connectivity index (χ4n) is 1.52. The summed E-state index contributed by atoms with van der Waals surface area (Å²) in [5, 5.41) is 2.32. The molecule has 1 heterocycles. The van der Waals surface area contributed by atoms with Crippen molar-refractivity contribution < 1.29 is 8.42 Å². The number of guanidine groups is 2. The summed E-state index contributed by atoms with van der Waals surface area (Å²) >= 11 is 1.29. The van der Waals surface area contributed by atoms with Crippen LogP contribution in [0.15, 0.2) is 56.7 Å². The quantitative estimate of drug-likeness (QED) is 0.480. The predicted molar refractivity (Wildman–Crippen MR) is 88.7 cm³/mol. The molecule has 0 fully saturated rings. The summed E-state index contributed by atoms with van der Waals surface area (Å²) < 4.78 is 26.8. The summed E-state index contributed by atoms with van der Waals surface area (Å²) in [4.78, 5) is 7.61.